The van der Waals surface area contributed by atoms with Gasteiger partial charge in [-0.3, -0.25) is 14.8 Å². The molecule has 2 amide bonds. The van der Waals surface area contributed by atoms with Crippen molar-refractivity contribution in [3.05, 3.63) is 34.9 Å². The summed E-state index contributed by atoms with van der Waals surface area (Å²) < 4.78 is 0. The molecule has 0 radical (unpaired) electrons. The predicted octanol–water partition coefficient (Wildman–Crippen LogP) is 2.46. The Morgan fingerprint density at radius 3 is 2.75 bits per heavy atom. The fraction of sp³-hybridized carbons (Fsp3) is 0.579. The summed E-state index contributed by atoms with van der Waals surface area (Å²) in [5.74, 6) is -0.121. The Labute approximate surface area is 142 Å². The predicted molar refractivity (Wildman–Crippen MR) is 88.7 cm³/mol. The molecule has 0 aromatic heterocycles. The zero-order valence-corrected chi connectivity index (χ0v) is 13.9. The minimum absolute atomic E-state index is 0.235. The number of carbonyl (C=O) groups is 2. The number of benzene rings is 1. The van der Waals surface area contributed by atoms with Crippen molar-refractivity contribution >= 4 is 11.8 Å². The molecule has 128 valence electrons. The van der Waals surface area contributed by atoms with Gasteiger partial charge in [0.25, 0.3) is 5.91 Å². The maximum atomic E-state index is 13.2. The molecular weight excluding hydrogens is 304 g/mol. The number of amides is 2. The normalized spacial score (nSPS) is 26.9. The van der Waals surface area contributed by atoms with Crippen molar-refractivity contribution in [3.8, 4) is 0 Å². The highest BCUT2D eigenvalue weighted by molar-refractivity contribution is 5.93. The fourth-order valence-electron chi connectivity index (χ4n) is 4.61. The summed E-state index contributed by atoms with van der Waals surface area (Å²) in [6.07, 6.45) is 8.13. The van der Waals surface area contributed by atoms with Crippen LogP contribution in [0.3, 0.4) is 0 Å². The molecule has 3 aliphatic rings. The van der Waals surface area contributed by atoms with E-state index in [0.717, 1.165) is 57.1 Å². The first-order valence-corrected chi connectivity index (χ1v) is 9.00. The molecule has 0 bridgehead atoms. The lowest BCUT2D eigenvalue weighted by atomic mass is 9.66. The summed E-state index contributed by atoms with van der Waals surface area (Å²) in [6, 6.07) is 6.02. The van der Waals surface area contributed by atoms with Crippen LogP contribution in [0.2, 0.25) is 0 Å². The molecule has 1 saturated carbocycles. The first-order valence-electron chi connectivity index (χ1n) is 9.00. The lowest BCUT2D eigenvalue weighted by molar-refractivity contribution is -0.152. The van der Waals surface area contributed by atoms with Gasteiger partial charge in [0.15, 0.2) is 0 Å². The second-order valence-electron chi connectivity index (χ2n) is 7.57. The quantitative estimate of drug-likeness (QED) is 0.647. The topological polar surface area (TPSA) is 69.6 Å². The average molecular weight is 328 g/mol. The summed E-state index contributed by atoms with van der Waals surface area (Å²) in [6.45, 7) is 0.924. The summed E-state index contributed by atoms with van der Waals surface area (Å²) in [7, 11) is 0. The lowest BCUT2D eigenvalue weighted by Gasteiger charge is -2.49. The van der Waals surface area contributed by atoms with Crippen molar-refractivity contribution in [1.82, 2.24) is 10.4 Å². The third kappa shape index (κ3) is 2.42. The molecule has 1 aromatic rings. The summed E-state index contributed by atoms with van der Waals surface area (Å²) in [5, 5.41) is 8.79. The van der Waals surface area contributed by atoms with E-state index in [-0.39, 0.29) is 5.41 Å². The average Bonchev–Trinajstić information content (AvgIpc) is 2.56. The summed E-state index contributed by atoms with van der Waals surface area (Å²) in [5.41, 5.74) is 4.23. The van der Waals surface area contributed by atoms with Gasteiger partial charge in [-0.2, -0.15) is 0 Å². The van der Waals surface area contributed by atoms with Gasteiger partial charge in [0.05, 0.1) is 5.41 Å². The fourth-order valence-corrected chi connectivity index (χ4v) is 4.61. The van der Waals surface area contributed by atoms with E-state index < -0.39 is 5.91 Å². The molecule has 4 rings (SSSR count). The Balaban J connectivity index is 1.58. The molecular formula is C19H24N2O3. The molecule has 0 unspecified atom stereocenters. The van der Waals surface area contributed by atoms with Crippen LogP contribution >= 0.6 is 0 Å². The smallest absolute Gasteiger partial charge is 0.274 e. The summed E-state index contributed by atoms with van der Waals surface area (Å²) >= 11 is 0. The van der Waals surface area contributed by atoms with Crippen LogP contribution in [0.4, 0.5) is 0 Å². The largest absolute Gasteiger partial charge is 0.339 e. The second-order valence-corrected chi connectivity index (χ2v) is 7.57. The lowest BCUT2D eigenvalue weighted by Crippen LogP contribution is -2.56. The van der Waals surface area contributed by atoms with Crippen molar-refractivity contribution in [1.29, 1.82) is 0 Å². The zero-order valence-electron chi connectivity index (χ0n) is 13.9. The van der Waals surface area contributed by atoms with Crippen LogP contribution < -0.4 is 5.48 Å². The van der Waals surface area contributed by atoms with Gasteiger partial charge in [-0.25, -0.2) is 5.48 Å². The van der Waals surface area contributed by atoms with E-state index in [2.05, 4.69) is 4.90 Å². The van der Waals surface area contributed by atoms with Gasteiger partial charge in [0.2, 0.25) is 5.91 Å². The number of likely N-dealkylation sites (tertiary alicyclic amines) is 1. The van der Waals surface area contributed by atoms with Crippen LogP contribution in [0, 0.1) is 5.41 Å². The van der Waals surface area contributed by atoms with Gasteiger partial charge in [0, 0.05) is 18.2 Å². The van der Waals surface area contributed by atoms with Crippen molar-refractivity contribution in [3.63, 3.8) is 0 Å². The van der Waals surface area contributed by atoms with Crippen LogP contribution in [0.15, 0.2) is 18.2 Å². The minimum Gasteiger partial charge on any atom is -0.339 e. The van der Waals surface area contributed by atoms with E-state index in [1.165, 1.54) is 12.0 Å². The van der Waals surface area contributed by atoms with Crippen LogP contribution in [0.1, 0.15) is 60.0 Å². The van der Waals surface area contributed by atoms with E-state index in [1.807, 2.05) is 12.1 Å². The van der Waals surface area contributed by atoms with E-state index >= 15 is 0 Å². The molecule has 1 aliphatic heterocycles. The highest BCUT2D eigenvalue weighted by atomic mass is 16.5. The Morgan fingerprint density at radius 2 is 2.04 bits per heavy atom. The van der Waals surface area contributed by atoms with Crippen LogP contribution in [0.5, 0.6) is 0 Å². The third-order valence-electron chi connectivity index (χ3n) is 6.26. The highest BCUT2D eigenvalue weighted by Gasteiger charge is 2.47. The van der Waals surface area contributed by atoms with Gasteiger partial charge in [-0.1, -0.05) is 6.07 Å². The molecule has 5 nitrogen and oxygen atoms in total. The number of rotatable bonds is 2. The zero-order chi connectivity index (χ0) is 16.7. The molecule has 2 N–H and O–H groups in total. The standard InChI is InChI=1S/C19H24N2O3/c22-17(20-24)14-5-6-15-12-19(9-7-13(15)11-14)8-2-10-21(18(19)23)16-3-1-4-16/h5-6,11,16,24H,1-4,7-10,12H2,(H,20,22)/t19-/m1/s1. The number of aryl methyl sites for hydroxylation is 1. The van der Waals surface area contributed by atoms with Gasteiger partial charge < -0.3 is 4.90 Å². The number of fused-ring (bicyclic) bond motifs is 1. The first kappa shape index (κ1) is 15.6. The molecule has 2 fully saturated rings. The number of nitrogens with zero attached hydrogens (tertiary/aromatic N) is 1. The van der Waals surface area contributed by atoms with Crippen LogP contribution in [-0.4, -0.2) is 34.5 Å². The number of hydroxylamine groups is 1. The number of hydrogen-bond acceptors (Lipinski definition) is 3. The molecule has 1 heterocycles. The molecule has 2 aliphatic carbocycles. The highest BCUT2D eigenvalue weighted by Crippen LogP contribution is 2.45. The minimum atomic E-state index is -0.483. The van der Waals surface area contributed by atoms with Gasteiger partial charge in [-0.05, 0) is 74.6 Å². The number of hydrogen-bond donors (Lipinski definition) is 2. The van der Waals surface area contributed by atoms with E-state index in [1.54, 1.807) is 11.5 Å². The molecule has 1 saturated heterocycles. The van der Waals surface area contributed by atoms with E-state index in [0.29, 0.717) is 17.5 Å². The molecule has 5 heteroatoms. The van der Waals surface area contributed by atoms with E-state index in [9.17, 15) is 9.59 Å². The van der Waals surface area contributed by atoms with Crippen LogP contribution in [0.25, 0.3) is 0 Å². The van der Waals surface area contributed by atoms with Gasteiger partial charge in [-0.15, -0.1) is 0 Å². The van der Waals surface area contributed by atoms with Crippen molar-refractivity contribution in [2.75, 3.05) is 6.54 Å². The third-order valence-corrected chi connectivity index (χ3v) is 6.26. The van der Waals surface area contributed by atoms with Crippen molar-refractivity contribution in [2.24, 2.45) is 5.41 Å². The Morgan fingerprint density at radius 1 is 1.21 bits per heavy atom. The SMILES string of the molecule is O=C(NO)c1ccc2c(c1)CC[C@]1(CCCN(C3CCC3)C1=O)C2. The van der Waals surface area contributed by atoms with Gasteiger partial charge in [0.1, 0.15) is 0 Å². The number of nitrogens with one attached hydrogen (secondary N) is 1. The van der Waals surface area contributed by atoms with E-state index in [4.69, 9.17) is 5.21 Å². The van der Waals surface area contributed by atoms with Crippen molar-refractivity contribution in [2.45, 2.75) is 57.4 Å². The monoisotopic (exact) mass is 328 g/mol. The van der Waals surface area contributed by atoms with Gasteiger partial charge >= 0.3 is 0 Å². The first-order chi connectivity index (χ1) is 11.6. The summed E-state index contributed by atoms with van der Waals surface area (Å²) in [4.78, 5) is 26.9. The number of carbonyl (C=O) groups excluding carboxylic acids is 2. The van der Waals surface area contributed by atoms with Crippen molar-refractivity contribution < 1.29 is 14.8 Å². The Kier molecular flexibility index (Phi) is 3.83. The Bertz CT molecular complexity index is 683. The maximum absolute atomic E-state index is 13.2. The molecule has 1 spiro atoms. The maximum Gasteiger partial charge on any atom is 0.274 e. The molecule has 1 atom stereocenters. The molecule has 1 aromatic carbocycles. The number of piperidine rings is 1. The second kappa shape index (κ2) is 5.88. The van der Waals surface area contributed by atoms with Crippen LogP contribution in [-0.2, 0) is 17.6 Å². The Hall–Kier alpha value is -1.88. The molecule has 24 heavy (non-hydrogen) atoms.